The van der Waals surface area contributed by atoms with E-state index in [4.69, 9.17) is 5.73 Å². The Labute approximate surface area is 123 Å². The number of nitrogens with one attached hydrogen (secondary N) is 1. The third kappa shape index (κ3) is 3.92. The summed E-state index contributed by atoms with van der Waals surface area (Å²) in [4.78, 5) is 11.5. The highest BCUT2D eigenvalue weighted by molar-refractivity contribution is 7.89. The van der Waals surface area contributed by atoms with Crippen LogP contribution in [-0.2, 0) is 19.6 Å². The van der Waals surface area contributed by atoms with E-state index < -0.39 is 27.9 Å². The van der Waals surface area contributed by atoms with Gasteiger partial charge in [0.25, 0.3) is 0 Å². The fraction of sp³-hybridized carbons (Fsp3) is 0.462. The molecule has 1 atom stereocenters. The van der Waals surface area contributed by atoms with Crippen molar-refractivity contribution in [3.05, 3.63) is 23.5 Å². The average Bonchev–Trinajstić information content (AvgIpc) is 2.38. The minimum Gasteiger partial charge on any atom is -0.468 e. The van der Waals surface area contributed by atoms with Crippen molar-refractivity contribution in [1.29, 1.82) is 0 Å². The van der Waals surface area contributed by atoms with E-state index in [1.54, 1.807) is 13.8 Å². The van der Waals surface area contributed by atoms with Crippen molar-refractivity contribution in [2.24, 2.45) is 5.92 Å². The number of hydrogen-bond acceptors (Lipinski definition) is 5. The van der Waals surface area contributed by atoms with E-state index in [0.717, 1.165) is 12.1 Å². The number of benzene rings is 1. The largest absolute Gasteiger partial charge is 0.468 e. The van der Waals surface area contributed by atoms with E-state index in [1.165, 1.54) is 14.0 Å². The number of anilines is 1. The first-order chi connectivity index (χ1) is 9.60. The number of sulfonamides is 1. The van der Waals surface area contributed by atoms with Crippen molar-refractivity contribution >= 4 is 21.7 Å². The standard InChI is InChI=1S/C13H19FN2O4S/c1-7(2)12(13(17)20-4)16-21(18,19)11-6-10(15)9(14)5-8(11)3/h5-7,12,16H,15H2,1-4H3. The van der Waals surface area contributed by atoms with Gasteiger partial charge in [-0.25, -0.2) is 12.8 Å². The van der Waals surface area contributed by atoms with Crippen LogP contribution in [0.2, 0.25) is 0 Å². The number of carbonyl (C=O) groups excluding carboxylic acids is 1. The Morgan fingerprint density at radius 2 is 1.95 bits per heavy atom. The maximum Gasteiger partial charge on any atom is 0.324 e. The van der Waals surface area contributed by atoms with Gasteiger partial charge in [-0.15, -0.1) is 0 Å². The molecule has 1 unspecified atom stereocenters. The molecule has 0 saturated heterocycles. The Balaban J connectivity index is 3.23. The zero-order valence-electron chi connectivity index (χ0n) is 12.3. The molecule has 0 aromatic heterocycles. The molecule has 0 radical (unpaired) electrons. The smallest absolute Gasteiger partial charge is 0.324 e. The molecule has 6 nitrogen and oxygen atoms in total. The molecule has 1 aromatic rings. The number of ether oxygens (including phenoxy) is 1. The van der Waals surface area contributed by atoms with E-state index in [1.807, 2.05) is 0 Å². The number of nitrogens with two attached hydrogens (primary N) is 1. The summed E-state index contributed by atoms with van der Waals surface area (Å²) < 4.78 is 44.9. The molecule has 0 bridgehead atoms. The van der Waals surface area contributed by atoms with Crippen LogP contribution in [0.3, 0.4) is 0 Å². The molecule has 0 heterocycles. The number of nitrogen functional groups attached to an aromatic ring is 1. The minimum absolute atomic E-state index is 0.170. The fourth-order valence-corrected chi connectivity index (χ4v) is 3.37. The number of carbonyl (C=O) groups is 1. The summed E-state index contributed by atoms with van der Waals surface area (Å²) in [5, 5.41) is 0. The van der Waals surface area contributed by atoms with Gasteiger partial charge in [0, 0.05) is 0 Å². The van der Waals surface area contributed by atoms with Crippen molar-refractivity contribution in [1.82, 2.24) is 4.72 Å². The number of methoxy groups -OCH3 is 1. The summed E-state index contributed by atoms with van der Waals surface area (Å²) >= 11 is 0. The highest BCUT2D eigenvalue weighted by Crippen LogP contribution is 2.22. The lowest BCUT2D eigenvalue weighted by molar-refractivity contribution is -0.143. The lowest BCUT2D eigenvalue weighted by Crippen LogP contribution is -2.45. The van der Waals surface area contributed by atoms with Crippen molar-refractivity contribution < 1.29 is 22.3 Å². The lowest BCUT2D eigenvalue weighted by Gasteiger charge is -2.20. The van der Waals surface area contributed by atoms with Crippen LogP contribution < -0.4 is 10.5 Å². The third-order valence-corrected chi connectivity index (χ3v) is 4.57. The molecule has 0 fully saturated rings. The molecule has 0 amide bonds. The summed E-state index contributed by atoms with van der Waals surface area (Å²) in [5.41, 5.74) is 5.32. The molecule has 0 spiro atoms. The number of rotatable bonds is 5. The summed E-state index contributed by atoms with van der Waals surface area (Å²) in [6, 6.07) is 1.03. The van der Waals surface area contributed by atoms with E-state index in [-0.39, 0.29) is 22.1 Å². The summed E-state index contributed by atoms with van der Waals surface area (Å²) in [6.07, 6.45) is 0. The monoisotopic (exact) mass is 318 g/mol. The third-order valence-electron chi connectivity index (χ3n) is 2.99. The summed E-state index contributed by atoms with van der Waals surface area (Å²) in [5.74, 6) is -1.70. The first-order valence-electron chi connectivity index (χ1n) is 6.26. The Bertz CT molecular complexity index is 644. The van der Waals surface area contributed by atoms with Gasteiger partial charge in [-0.05, 0) is 30.5 Å². The maximum atomic E-state index is 13.3. The number of halogens is 1. The van der Waals surface area contributed by atoms with Gasteiger partial charge in [0.05, 0.1) is 17.7 Å². The van der Waals surface area contributed by atoms with Crippen molar-refractivity contribution in [2.75, 3.05) is 12.8 Å². The van der Waals surface area contributed by atoms with Crippen LogP contribution in [0, 0.1) is 18.7 Å². The molecule has 0 aliphatic carbocycles. The molecule has 21 heavy (non-hydrogen) atoms. The number of hydrogen-bond donors (Lipinski definition) is 2. The first kappa shape index (κ1) is 17.4. The second-order valence-corrected chi connectivity index (χ2v) is 6.69. The highest BCUT2D eigenvalue weighted by Gasteiger charge is 2.30. The van der Waals surface area contributed by atoms with Gasteiger partial charge in [0.2, 0.25) is 10.0 Å². The second kappa shape index (κ2) is 6.40. The van der Waals surface area contributed by atoms with Gasteiger partial charge < -0.3 is 10.5 Å². The van der Waals surface area contributed by atoms with E-state index >= 15 is 0 Å². The van der Waals surface area contributed by atoms with Gasteiger partial charge in [-0.2, -0.15) is 4.72 Å². The van der Waals surface area contributed by atoms with Gasteiger partial charge in [-0.1, -0.05) is 13.8 Å². The molecule has 0 aliphatic rings. The van der Waals surface area contributed by atoms with Crippen LogP contribution in [-0.4, -0.2) is 27.5 Å². The first-order valence-corrected chi connectivity index (χ1v) is 7.74. The molecule has 3 N–H and O–H groups in total. The SMILES string of the molecule is COC(=O)C(NS(=O)(=O)c1cc(N)c(F)cc1C)C(C)C. The fourth-order valence-electron chi connectivity index (χ4n) is 1.77. The Kier molecular flexibility index (Phi) is 5.30. The molecule has 1 aromatic carbocycles. The van der Waals surface area contributed by atoms with E-state index in [2.05, 4.69) is 9.46 Å². The maximum absolute atomic E-state index is 13.3. The molecule has 118 valence electrons. The molecular weight excluding hydrogens is 299 g/mol. The van der Waals surface area contributed by atoms with Crippen LogP contribution in [0.25, 0.3) is 0 Å². The summed E-state index contributed by atoms with van der Waals surface area (Å²) in [6.45, 7) is 4.80. The van der Waals surface area contributed by atoms with Gasteiger partial charge in [-0.3, -0.25) is 4.79 Å². The van der Waals surface area contributed by atoms with Crippen LogP contribution in [0.1, 0.15) is 19.4 Å². The predicted molar refractivity (Wildman–Crippen MR) is 76.5 cm³/mol. The quantitative estimate of drug-likeness (QED) is 0.628. The molecular formula is C13H19FN2O4S. The Hall–Kier alpha value is -1.67. The van der Waals surface area contributed by atoms with E-state index in [0.29, 0.717) is 0 Å². The topological polar surface area (TPSA) is 98.5 Å². The van der Waals surface area contributed by atoms with Crippen molar-refractivity contribution in [3.63, 3.8) is 0 Å². The normalized spacial score (nSPS) is 13.2. The molecule has 1 rings (SSSR count). The second-order valence-electron chi connectivity index (χ2n) is 5.01. The lowest BCUT2D eigenvalue weighted by atomic mass is 10.1. The van der Waals surface area contributed by atoms with Crippen LogP contribution in [0.5, 0.6) is 0 Å². The number of aryl methyl sites for hydroxylation is 1. The van der Waals surface area contributed by atoms with Gasteiger partial charge in [0.1, 0.15) is 11.9 Å². The Morgan fingerprint density at radius 3 is 2.43 bits per heavy atom. The molecule has 0 saturated carbocycles. The van der Waals surface area contributed by atoms with Gasteiger partial charge in [0.15, 0.2) is 0 Å². The van der Waals surface area contributed by atoms with E-state index in [9.17, 15) is 17.6 Å². The van der Waals surface area contributed by atoms with Crippen LogP contribution >= 0.6 is 0 Å². The molecule has 0 aliphatic heterocycles. The Morgan fingerprint density at radius 1 is 1.38 bits per heavy atom. The molecule has 8 heteroatoms. The van der Waals surface area contributed by atoms with Crippen LogP contribution in [0.4, 0.5) is 10.1 Å². The zero-order valence-corrected chi connectivity index (χ0v) is 13.1. The van der Waals surface area contributed by atoms with Crippen molar-refractivity contribution in [3.8, 4) is 0 Å². The average molecular weight is 318 g/mol. The highest BCUT2D eigenvalue weighted by atomic mass is 32.2. The van der Waals surface area contributed by atoms with Crippen molar-refractivity contribution in [2.45, 2.75) is 31.7 Å². The minimum atomic E-state index is -4.03. The predicted octanol–water partition coefficient (Wildman–Crippen LogP) is 1.19. The number of esters is 1. The summed E-state index contributed by atoms with van der Waals surface area (Å²) in [7, 11) is -2.85. The zero-order chi connectivity index (χ0) is 16.4. The van der Waals surface area contributed by atoms with Gasteiger partial charge >= 0.3 is 5.97 Å². The van der Waals surface area contributed by atoms with Crippen LogP contribution in [0.15, 0.2) is 17.0 Å².